The summed E-state index contributed by atoms with van der Waals surface area (Å²) in [5.41, 5.74) is 0.979. The van der Waals surface area contributed by atoms with Crippen LogP contribution in [0.25, 0.3) is 0 Å². The van der Waals surface area contributed by atoms with E-state index in [1.165, 1.54) is 21.0 Å². The summed E-state index contributed by atoms with van der Waals surface area (Å²) < 4.78 is 21.9. The Morgan fingerprint density at radius 3 is 2.50 bits per heavy atom. The molecule has 1 aliphatic rings. The molecule has 1 aromatic rings. The summed E-state index contributed by atoms with van der Waals surface area (Å²) in [6.45, 7) is 2.98. The summed E-state index contributed by atoms with van der Waals surface area (Å²) >= 11 is 0. The van der Waals surface area contributed by atoms with Gasteiger partial charge in [-0.15, -0.1) is 0 Å². The normalized spacial score (nSPS) is 28.4. The molecule has 0 spiro atoms. The fourth-order valence-corrected chi connectivity index (χ4v) is 2.85. The van der Waals surface area contributed by atoms with Gasteiger partial charge in [-0.25, -0.2) is 0 Å². The summed E-state index contributed by atoms with van der Waals surface area (Å²) in [6, 6.07) is 8.69. The van der Waals surface area contributed by atoms with Crippen molar-refractivity contribution in [3.8, 4) is 0 Å². The standard InChI is InChI=1S/C18H25NO7/c1-11(20)19-15-16(22)17(25-12(2)21)14(26-18(15)23-3)10-24-9-13-7-5-4-6-8-13/h4-8,14-18,22H,9-10H2,1-3H3,(H,19,20)/t14-,15-,16-,17-,18+/m1/s1. The Morgan fingerprint density at radius 2 is 1.92 bits per heavy atom. The molecule has 0 unspecified atom stereocenters. The zero-order valence-electron chi connectivity index (χ0n) is 15.1. The van der Waals surface area contributed by atoms with Gasteiger partial charge in [0.15, 0.2) is 12.4 Å². The molecule has 1 saturated heterocycles. The number of rotatable bonds is 7. The number of carbonyl (C=O) groups is 2. The molecule has 0 aromatic heterocycles. The third kappa shape index (κ3) is 5.50. The monoisotopic (exact) mass is 367 g/mol. The fraction of sp³-hybridized carbons (Fsp3) is 0.556. The van der Waals surface area contributed by atoms with Crippen molar-refractivity contribution in [3.63, 3.8) is 0 Å². The molecule has 2 N–H and O–H groups in total. The zero-order chi connectivity index (χ0) is 19.1. The molecule has 26 heavy (non-hydrogen) atoms. The van der Waals surface area contributed by atoms with Gasteiger partial charge in [-0.3, -0.25) is 9.59 Å². The lowest BCUT2D eigenvalue weighted by Gasteiger charge is -2.43. The first kappa shape index (κ1) is 20.3. The molecule has 1 amide bonds. The molecular formula is C18H25NO7. The largest absolute Gasteiger partial charge is 0.457 e. The van der Waals surface area contributed by atoms with E-state index in [2.05, 4.69) is 5.32 Å². The van der Waals surface area contributed by atoms with Gasteiger partial charge in [0.1, 0.15) is 18.2 Å². The van der Waals surface area contributed by atoms with E-state index in [0.717, 1.165) is 5.56 Å². The van der Waals surface area contributed by atoms with Crippen molar-refractivity contribution in [2.45, 2.75) is 51.1 Å². The third-order valence-electron chi connectivity index (χ3n) is 3.97. The minimum atomic E-state index is -1.20. The zero-order valence-corrected chi connectivity index (χ0v) is 15.1. The van der Waals surface area contributed by atoms with E-state index >= 15 is 0 Å². The lowest BCUT2D eigenvalue weighted by atomic mass is 9.96. The van der Waals surface area contributed by atoms with Crippen LogP contribution < -0.4 is 5.32 Å². The Bertz CT molecular complexity index is 594. The number of ether oxygens (including phenoxy) is 4. The van der Waals surface area contributed by atoms with Crippen LogP contribution in [0.5, 0.6) is 0 Å². The second kappa shape index (κ2) is 9.63. The quantitative estimate of drug-likeness (QED) is 0.671. The second-order valence-electron chi connectivity index (χ2n) is 6.07. The minimum absolute atomic E-state index is 0.0799. The van der Waals surface area contributed by atoms with E-state index < -0.39 is 36.6 Å². The average Bonchev–Trinajstić information content (AvgIpc) is 2.60. The van der Waals surface area contributed by atoms with Crippen LogP contribution in [-0.4, -0.2) is 61.3 Å². The predicted molar refractivity (Wildman–Crippen MR) is 90.9 cm³/mol. The van der Waals surface area contributed by atoms with Gasteiger partial charge in [0, 0.05) is 21.0 Å². The van der Waals surface area contributed by atoms with E-state index in [9.17, 15) is 14.7 Å². The molecule has 2 rings (SSSR count). The Kier molecular flexibility index (Phi) is 7.52. The summed E-state index contributed by atoms with van der Waals surface area (Å²) in [5.74, 6) is -0.928. The van der Waals surface area contributed by atoms with Crippen LogP contribution in [0.1, 0.15) is 19.4 Å². The highest BCUT2D eigenvalue weighted by Crippen LogP contribution is 2.25. The van der Waals surface area contributed by atoms with Crippen LogP contribution in [0, 0.1) is 0 Å². The molecule has 0 aliphatic carbocycles. The average molecular weight is 367 g/mol. The fourth-order valence-electron chi connectivity index (χ4n) is 2.85. The van der Waals surface area contributed by atoms with E-state index in [1.807, 2.05) is 30.3 Å². The molecule has 1 fully saturated rings. The lowest BCUT2D eigenvalue weighted by Crippen LogP contribution is -2.65. The van der Waals surface area contributed by atoms with Crippen molar-refractivity contribution in [1.82, 2.24) is 5.32 Å². The van der Waals surface area contributed by atoms with Crippen LogP contribution in [0.3, 0.4) is 0 Å². The molecule has 1 aromatic carbocycles. The second-order valence-corrected chi connectivity index (χ2v) is 6.07. The first-order valence-electron chi connectivity index (χ1n) is 8.34. The number of benzene rings is 1. The van der Waals surface area contributed by atoms with E-state index in [1.54, 1.807) is 0 Å². The SMILES string of the molecule is CO[C@H]1O[C@H](COCc2ccccc2)[C@@H](OC(C)=O)[C@H](O)[C@H]1NC(C)=O. The van der Waals surface area contributed by atoms with Crippen molar-refractivity contribution >= 4 is 11.9 Å². The highest BCUT2D eigenvalue weighted by Gasteiger charge is 2.47. The maximum absolute atomic E-state index is 11.4. The van der Waals surface area contributed by atoms with Gasteiger partial charge in [-0.1, -0.05) is 30.3 Å². The van der Waals surface area contributed by atoms with E-state index in [0.29, 0.717) is 6.61 Å². The smallest absolute Gasteiger partial charge is 0.303 e. The number of aliphatic hydroxyl groups excluding tert-OH is 1. The minimum Gasteiger partial charge on any atom is -0.457 e. The summed E-state index contributed by atoms with van der Waals surface area (Å²) in [5, 5.41) is 13.2. The van der Waals surface area contributed by atoms with Crippen molar-refractivity contribution in [2.24, 2.45) is 0 Å². The third-order valence-corrected chi connectivity index (χ3v) is 3.97. The number of methoxy groups -OCH3 is 1. The molecule has 0 bridgehead atoms. The first-order valence-corrected chi connectivity index (χ1v) is 8.34. The topological polar surface area (TPSA) is 103 Å². The van der Waals surface area contributed by atoms with E-state index in [4.69, 9.17) is 18.9 Å². The molecule has 5 atom stereocenters. The van der Waals surface area contributed by atoms with Crippen molar-refractivity contribution < 1.29 is 33.6 Å². The van der Waals surface area contributed by atoms with Crippen LogP contribution >= 0.6 is 0 Å². The number of amides is 1. The van der Waals surface area contributed by atoms with Gasteiger partial charge in [0.2, 0.25) is 5.91 Å². The summed E-state index contributed by atoms with van der Waals surface area (Å²) in [6.07, 6.45) is -3.84. The molecular weight excluding hydrogens is 342 g/mol. The predicted octanol–water partition coefficient (Wildman–Crippen LogP) is 0.372. The van der Waals surface area contributed by atoms with Crippen LogP contribution in [0.15, 0.2) is 30.3 Å². The molecule has 1 heterocycles. The maximum atomic E-state index is 11.4. The van der Waals surface area contributed by atoms with Crippen LogP contribution in [0.2, 0.25) is 0 Å². The maximum Gasteiger partial charge on any atom is 0.303 e. The van der Waals surface area contributed by atoms with Crippen molar-refractivity contribution in [1.29, 1.82) is 0 Å². The Morgan fingerprint density at radius 1 is 1.23 bits per heavy atom. The van der Waals surface area contributed by atoms with Gasteiger partial charge in [-0.2, -0.15) is 0 Å². The lowest BCUT2D eigenvalue weighted by molar-refractivity contribution is -0.270. The Labute approximate surface area is 152 Å². The highest BCUT2D eigenvalue weighted by atomic mass is 16.7. The summed E-state index contributed by atoms with van der Waals surface area (Å²) in [4.78, 5) is 22.8. The van der Waals surface area contributed by atoms with Crippen LogP contribution in [-0.2, 0) is 35.1 Å². The van der Waals surface area contributed by atoms with Gasteiger partial charge < -0.3 is 29.4 Å². The Balaban J connectivity index is 2.06. The molecule has 1 aliphatic heterocycles. The van der Waals surface area contributed by atoms with Gasteiger partial charge in [0.25, 0.3) is 0 Å². The van der Waals surface area contributed by atoms with Crippen molar-refractivity contribution in [2.75, 3.05) is 13.7 Å². The van der Waals surface area contributed by atoms with Crippen LogP contribution in [0.4, 0.5) is 0 Å². The summed E-state index contributed by atoms with van der Waals surface area (Å²) in [7, 11) is 1.40. The molecule has 8 heteroatoms. The number of nitrogens with one attached hydrogen (secondary N) is 1. The molecule has 0 saturated carbocycles. The molecule has 8 nitrogen and oxygen atoms in total. The number of aliphatic hydroxyl groups is 1. The molecule has 144 valence electrons. The van der Waals surface area contributed by atoms with E-state index in [-0.39, 0.29) is 12.5 Å². The van der Waals surface area contributed by atoms with Gasteiger partial charge >= 0.3 is 5.97 Å². The number of esters is 1. The van der Waals surface area contributed by atoms with Crippen molar-refractivity contribution in [3.05, 3.63) is 35.9 Å². The first-order chi connectivity index (χ1) is 12.4. The highest BCUT2D eigenvalue weighted by molar-refractivity contribution is 5.73. The number of carbonyl (C=O) groups excluding carboxylic acids is 2. The number of hydrogen-bond acceptors (Lipinski definition) is 7. The van der Waals surface area contributed by atoms with Gasteiger partial charge in [0.05, 0.1) is 13.2 Å². The van der Waals surface area contributed by atoms with Gasteiger partial charge in [-0.05, 0) is 5.56 Å². The number of hydrogen-bond donors (Lipinski definition) is 2. The Hall–Kier alpha value is -2.00. The molecule has 0 radical (unpaired) electrons.